The fraction of sp³-hybridized carbons (Fsp3) is 0.238. The van der Waals surface area contributed by atoms with Crippen LogP contribution in [0.15, 0.2) is 58.1 Å². The largest absolute Gasteiger partial charge is 0.508 e. The van der Waals surface area contributed by atoms with E-state index in [-0.39, 0.29) is 24.8 Å². The molecule has 1 heterocycles. The molecule has 3 rings (SSSR count). The monoisotopic (exact) mass is 444 g/mol. The van der Waals surface area contributed by atoms with Crippen molar-refractivity contribution in [2.45, 2.75) is 20.0 Å². The highest BCUT2D eigenvalue weighted by Crippen LogP contribution is 2.18. The summed E-state index contributed by atoms with van der Waals surface area (Å²) >= 11 is 5.94. The maximum absolute atomic E-state index is 13.2. The Kier molecular flexibility index (Phi) is 6.76. The van der Waals surface area contributed by atoms with Crippen molar-refractivity contribution in [1.82, 2.24) is 14.1 Å². The number of phenolic OH excluding ortho intramolecular Hbond substituents is 1. The minimum absolute atomic E-state index is 0.0256. The smallest absolute Gasteiger partial charge is 0.354 e. The van der Waals surface area contributed by atoms with E-state index in [4.69, 9.17) is 11.6 Å². The molecule has 0 fully saturated rings. The molecule has 0 radical (unpaired) electrons. The van der Waals surface area contributed by atoms with Crippen molar-refractivity contribution in [1.29, 1.82) is 0 Å². The van der Waals surface area contributed by atoms with E-state index in [1.54, 1.807) is 43.3 Å². The number of carbonyl (C=O) groups is 1. The van der Waals surface area contributed by atoms with Gasteiger partial charge in [-0.3, -0.25) is 9.36 Å². The van der Waals surface area contributed by atoms with Crippen LogP contribution in [-0.2, 0) is 22.6 Å². The molecule has 0 saturated carbocycles. The molecular formula is C21H21ClN4O5. The lowest BCUT2D eigenvalue weighted by Crippen LogP contribution is -2.44. The fourth-order valence-corrected chi connectivity index (χ4v) is 3.05. The van der Waals surface area contributed by atoms with Gasteiger partial charge >= 0.3 is 17.3 Å². The van der Waals surface area contributed by atoms with Crippen LogP contribution < -0.4 is 16.7 Å². The van der Waals surface area contributed by atoms with Crippen molar-refractivity contribution in [3.05, 3.63) is 80.1 Å². The van der Waals surface area contributed by atoms with Crippen LogP contribution in [0.3, 0.4) is 0 Å². The van der Waals surface area contributed by atoms with Gasteiger partial charge in [0.05, 0.1) is 19.6 Å². The van der Waals surface area contributed by atoms with Crippen molar-refractivity contribution in [2.75, 3.05) is 12.4 Å². The minimum atomic E-state index is -0.797. The van der Waals surface area contributed by atoms with E-state index in [0.29, 0.717) is 10.7 Å². The molecule has 2 aromatic carbocycles. The van der Waals surface area contributed by atoms with Crippen molar-refractivity contribution < 1.29 is 14.6 Å². The Hall–Kier alpha value is -3.59. The number of methoxy groups -OCH3 is 1. The quantitative estimate of drug-likeness (QED) is 0.424. The van der Waals surface area contributed by atoms with Crippen LogP contribution in [0.4, 0.5) is 11.6 Å². The normalized spacial score (nSPS) is 11.7. The molecular weight excluding hydrogens is 424 g/mol. The van der Waals surface area contributed by atoms with Crippen LogP contribution in [0.2, 0.25) is 5.02 Å². The van der Waals surface area contributed by atoms with Crippen molar-refractivity contribution in [3.63, 3.8) is 0 Å². The Bertz CT molecular complexity index is 1190. The molecule has 3 aromatic rings. The fourth-order valence-electron chi connectivity index (χ4n) is 2.92. The number of esters is 1. The predicted molar refractivity (Wildman–Crippen MR) is 116 cm³/mol. The van der Waals surface area contributed by atoms with Gasteiger partial charge in [0.2, 0.25) is 5.95 Å². The number of ether oxygens (including phenoxy) is 1. The van der Waals surface area contributed by atoms with Crippen LogP contribution >= 0.6 is 11.6 Å². The van der Waals surface area contributed by atoms with Gasteiger partial charge in [-0.25, -0.2) is 14.2 Å². The SMILES string of the molecule is COC(=O)[C@@H](C)Cn1c(=O)nc(Nc2ccc(O)cc2)n(Cc2ccc(Cl)cc2)c1=O. The summed E-state index contributed by atoms with van der Waals surface area (Å²) in [5.74, 6) is -1.15. The summed E-state index contributed by atoms with van der Waals surface area (Å²) in [6.07, 6.45) is 0. The van der Waals surface area contributed by atoms with E-state index in [0.717, 1.165) is 10.1 Å². The summed E-state index contributed by atoms with van der Waals surface area (Å²) in [6, 6.07) is 13.0. The number of aromatic nitrogens is 3. The average Bonchev–Trinajstić information content (AvgIpc) is 2.76. The molecule has 9 nitrogen and oxygen atoms in total. The number of hydrogen-bond donors (Lipinski definition) is 2. The zero-order valence-corrected chi connectivity index (χ0v) is 17.7. The molecule has 0 aliphatic heterocycles. The molecule has 0 unspecified atom stereocenters. The molecule has 0 aliphatic rings. The lowest BCUT2D eigenvalue weighted by Gasteiger charge is -2.17. The van der Waals surface area contributed by atoms with Gasteiger partial charge in [-0.15, -0.1) is 0 Å². The standard InChI is InChI=1S/C21H21ClN4O5/c1-13(18(28)31-2)11-26-20(29)24-19(23-16-7-9-17(27)10-8-16)25(21(26)30)12-14-3-5-15(22)6-4-14/h3-10,13,27H,11-12H2,1-2H3,(H,23,24,29)/t13-/m0/s1. The number of benzene rings is 2. The topological polar surface area (TPSA) is 115 Å². The summed E-state index contributed by atoms with van der Waals surface area (Å²) in [7, 11) is 1.24. The molecule has 1 aromatic heterocycles. The number of phenols is 1. The van der Waals surface area contributed by atoms with Gasteiger partial charge in [-0.2, -0.15) is 4.98 Å². The third-order valence-corrected chi connectivity index (χ3v) is 4.84. The summed E-state index contributed by atoms with van der Waals surface area (Å²) in [6.45, 7) is 1.50. The summed E-state index contributed by atoms with van der Waals surface area (Å²) < 4.78 is 6.88. The maximum atomic E-state index is 13.2. The number of carbonyl (C=O) groups excluding carboxylic acids is 1. The van der Waals surface area contributed by atoms with Gasteiger partial charge in [-0.1, -0.05) is 30.7 Å². The number of aromatic hydroxyl groups is 1. The zero-order valence-electron chi connectivity index (χ0n) is 16.9. The first-order valence-electron chi connectivity index (χ1n) is 9.38. The Morgan fingerprint density at radius 3 is 2.39 bits per heavy atom. The number of anilines is 2. The maximum Gasteiger partial charge on any atom is 0.354 e. The van der Waals surface area contributed by atoms with E-state index >= 15 is 0 Å². The molecule has 0 aliphatic carbocycles. The van der Waals surface area contributed by atoms with E-state index in [2.05, 4.69) is 15.0 Å². The molecule has 0 saturated heterocycles. The van der Waals surface area contributed by atoms with Crippen molar-refractivity contribution >= 4 is 29.2 Å². The first kappa shape index (κ1) is 22.1. The van der Waals surface area contributed by atoms with Crippen LogP contribution in [0.5, 0.6) is 5.75 Å². The van der Waals surface area contributed by atoms with E-state index < -0.39 is 23.3 Å². The molecule has 0 amide bonds. The molecule has 1 atom stereocenters. The summed E-state index contributed by atoms with van der Waals surface area (Å²) in [5.41, 5.74) is -0.149. The van der Waals surface area contributed by atoms with Crippen molar-refractivity contribution in [3.8, 4) is 5.75 Å². The number of nitrogens with zero attached hydrogens (tertiary/aromatic N) is 3. The van der Waals surface area contributed by atoms with E-state index in [9.17, 15) is 19.5 Å². The second-order valence-electron chi connectivity index (χ2n) is 6.92. The third kappa shape index (κ3) is 5.32. The highest BCUT2D eigenvalue weighted by molar-refractivity contribution is 6.30. The van der Waals surface area contributed by atoms with Gasteiger partial charge in [0, 0.05) is 17.3 Å². The molecule has 10 heteroatoms. The van der Waals surface area contributed by atoms with Gasteiger partial charge < -0.3 is 15.2 Å². The van der Waals surface area contributed by atoms with Gasteiger partial charge in [0.15, 0.2) is 0 Å². The second kappa shape index (κ2) is 9.48. The van der Waals surface area contributed by atoms with E-state index in [1.807, 2.05) is 0 Å². The number of halogens is 1. The Balaban J connectivity index is 2.06. The van der Waals surface area contributed by atoms with E-state index in [1.165, 1.54) is 23.8 Å². The lowest BCUT2D eigenvalue weighted by atomic mass is 10.2. The molecule has 0 spiro atoms. The number of rotatable bonds is 7. The highest BCUT2D eigenvalue weighted by Gasteiger charge is 2.20. The van der Waals surface area contributed by atoms with Gasteiger partial charge in [-0.05, 0) is 42.0 Å². The Morgan fingerprint density at radius 1 is 1.13 bits per heavy atom. The Morgan fingerprint density at radius 2 is 1.77 bits per heavy atom. The average molecular weight is 445 g/mol. The predicted octanol–water partition coefficient (Wildman–Crippen LogP) is 2.37. The number of hydrogen-bond acceptors (Lipinski definition) is 7. The van der Waals surface area contributed by atoms with Gasteiger partial charge in [0.1, 0.15) is 5.75 Å². The molecule has 0 bridgehead atoms. The van der Waals surface area contributed by atoms with Crippen LogP contribution in [-0.4, -0.2) is 32.3 Å². The van der Waals surface area contributed by atoms with Crippen LogP contribution in [0.1, 0.15) is 12.5 Å². The first-order valence-corrected chi connectivity index (χ1v) is 9.76. The number of nitrogens with one attached hydrogen (secondary N) is 1. The second-order valence-corrected chi connectivity index (χ2v) is 7.36. The van der Waals surface area contributed by atoms with Crippen LogP contribution in [0.25, 0.3) is 0 Å². The van der Waals surface area contributed by atoms with Gasteiger partial charge in [0.25, 0.3) is 0 Å². The van der Waals surface area contributed by atoms with Crippen LogP contribution in [0, 0.1) is 5.92 Å². The lowest BCUT2D eigenvalue weighted by molar-refractivity contribution is -0.145. The van der Waals surface area contributed by atoms with Crippen molar-refractivity contribution in [2.24, 2.45) is 5.92 Å². The minimum Gasteiger partial charge on any atom is -0.508 e. The molecule has 31 heavy (non-hydrogen) atoms. The Labute approximate surface area is 182 Å². The first-order chi connectivity index (χ1) is 14.8. The third-order valence-electron chi connectivity index (χ3n) is 4.59. The zero-order chi connectivity index (χ0) is 22.5. The summed E-state index contributed by atoms with van der Waals surface area (Å²) in [4.78, 5) is 41.6. The highest BCUT2D eigenvalue weighted by atomic mass is 35.5. The molecule has 162 valence electrons. The molecule has 2 N–H and O–H groups in total. The summed E-state index contributed by atoms with van der Waals surface area (Å²) in [5, 5.41) is 13.0.